The van der Waals surface area contributed by atoms with Crippen LogP contribution in [0, 0.1) is 0 Å². The number of nitrogens with one attached hydrogen (secondary N) is 1. The minimum absolute atomic E-state index is 0.156. The van der Waals surface area contributed by atoms with E-state index in [1.165, 1.54) is 11.8 Å². The van der Waals surface area contributed by atoms with Crippen LogP contribution in [-0.4, -0.2) is 18.2 Å². The molecule has 0 atom stereocenters. The first-order chi connectivity index (χ1) is 14.7. The summed E-state index contributed by atoms with van der Waals surface area (Å²) in [5.74, 6) is 1.39. The van der Waals surface area contributed by atoms with Gasteiger partial charge >= 0.3 is 0 Å². The van der Waals surface area contributed by atoms with E-state index in [1.807, 2.05) is 84.9 Å². The Balaban J connectivity index is 1.40. The van der Waals surface area contributed by atoms with Crippen LogP contribution in [-0.2, 0) is 11.4 Å². The molecule has 1 aliphatic heterocycles. The Morgan fingerprint density at radius 1 is 0.933 bits per heavy atom. The van der Waals surface area contributed by atoms with Crippen molar-refractivity contribution in [3.8, 4) is 11.5 Å². The molecule has 1 heterocycles. The number of benzene rings is 3. The highest BCUT2D eigenvalue weighted by molar-refractivity contribution is 8.18. The smallest absolute Gasteiger partial charge is 0.264 e. The first-order valence-electron chi connectivity index (χ1n) is 9.40. The van der Waals surface area contributed by atoms with Crippen LogP contribution >= 0.6 is 11.8 Å². The molecule has 1 fully saturated rings. The predicted molar refractivity (Wildman–Crippen MR) is 121 cm³/mol. The number of carbonyl (C=O) groups excluding carboxylic acids is 1. The molecule has 3 aromatic carbocycles. The number of nitrogens with zero attached hydrogens (tertiary/aromatic N) is 1. The third-order valence-corrected chi connectivity index (χ3v) is 5.29. The summed E-state index contributed by atoms with van der Waals surface area (Å²) < 4.78 is 10.9. The number of rotatable bonds is 6. The maximum atomic E-state index is 12.3. The molecule has 4 rings (SSSR count). The Hall–Kier alpha value is -3.51. The largest absolute Gasteiger partial charge is 0.497 e. The SMILES string of the molecule is COc1ccc(N=C2NC(=O)/C(=C\c3ccc(OCc4ccccc4)cc3)S2)cc1. The van der Waals surface area contributed by atoms with Crippen molar-refractivity contribution in [1.29, 1.82) is 0 Å². The summed E-state index contributed by atoms with van der Waals surface area (Å²) in [6.07, 6.45) is 1.84. The number of hydrogen-bond acceptors (Lipinski definition) is 5. The maximum absolute atomic E-state index is 12.3. The third-order valence-electron chi connectivity index (χ3n) is 4.38. The van der Waals surface area contributed by atoms with Gasteiger partial charge in [-0.3, -0.25) is 4.79 Å². The number of amidine groups is 1. The van der Waals surface area contributed by atoms with Gasteiger partial charge in [-0.1, -0.05) is 42.5 Å². The van der Waals surface area contributed by atoms with Crippen molar-refractivity contribution in [2.45, 2.75) is 6.61 Å². The highest BCUT2D eigenvalue weighted by atomic mass is 32.2. The summed E-state index contributed by atoms with van der Waals surface area (Å²) in [6.45, 7) is 0.519. The highest BCUT2D eigenvalue weighted by Crippen LogP contribution is 2.29. The molecule has 6 heteroatoms. The van der Waals surface area contributed by atoms with Gasteiger partial charge < -0.3 is 14.8 Å². The van der Waals surface area contributed by atoms with Gasteiger partial charge in [0.1, 0.15) is 18.1 Å². The molecule has 1 amide bonds. The summed E-state index contributed by atoms with van der Waals surface area (Å²) in [5.41, 5.74) is 2.79. The van der Waals surface area contributed by atoms with Crippen molar-refractivity contribution in [3.05, 3.63) is 94.9 Å². The van der Waals surface area contributed by atoms with E-state index >= 15 is 0 Å². The lowest BCUT2D eigenvalue weighted by Crippen LogP contribution is -2.19. The first kappa shape index (κ1) is 19.8. The molecule has 0 radical (unpaired) electrons. The number of thioether (sulfide) groups is 1. The molecule has 0 aromatic heterocycles. The van der Waals surface area contributed by atoms with Gasteiger partial charge in [0.05, 0.1) is 17.7 Å². The fourth-order valence-electron chi connectivity index (χ4n) is 2.81. The van der Waals surface area contributed by atoms with E-state index in [9.17, 15) is 4.79 Å². The number of ether oxygens (including phenoxy) is 2. The van der Waals surface area contributed by atoms with Crippen LogP contribution in [0.25, 0.3) is 6.08 Å². The summed E-state index contributed by atoms with van der Waals surface area (Å²) in [6, 6.07) is 25.0. The van der Waals surface area contributed by atoms with E-state index in [2.05, 4.69) is 10.3 Å². The van der Waals surface area contributed by atoms with Crippen LogP contribution in [0.1, 0.15) is 11.1 Å². The summed E-state index contributed by atoms with van der Waals surface area (Å²) in [7, 11) is 1.62. The van der Waals surface area contributed by atoms with E-state index in [0.717, 1.165) is 28.3 Å². The lowest BCUT2D eigenvalue weighted by atomic mass is 10.2. The molecular weight excluding hydrogens is 396 g/mol. The number of aliphatic imine (C=N–C) groups is 1. The zero-order chi connectivity index (χ0) is 20.8. The second-order valence-corrected chi connectivity index (χ2v) is 7.55. The Bertz CT molecular complexity index is 1080. The quantitative estimate of drug-likeness (QED) is 0.564. The van der Waals surface area contributed by atoms with Crippen molar-refractivity contribution < 1.29 is 14.3 Å². The Morgan fingerprint density at radius 3 is 2.33 bits per heavy atom. The van der Waals surface area contributed by atoms with E-state index < -0.39 is 0 Å². The fraction of sp³-hybridized carbons (Fsp3) is 0.0833. The van der Waals surface area contributed by atoms with Gasteiger partial charge in [-0.15, -0.1) is 0 Å². The highest BCUT2D eigenvalue weighted by Gasteiger charge is 2.23. The zero-order valence-corrected chi connectivity index (χ0v) is 17.2. The Kier molecular flexibility index (Phi) is 6.15. The Labute approximate surface area is 179 Å². The minimum Gasteiger partial charge on any atom is -0.497 e. The van der Waals surface area contributed by atoms with Gasteiger partial charge in [-0.25, -0.2) is 4.99 Å². The lowest BCUT2D eigenvalue weighted by molar-refractivity contribution is -0.115. The second-order valence-electron chi connectivity index (χ2n) is 6.52. The molecular formula is C24H20N2O3S. The number of hydrogen-bond donors (Lipinski definition) is 1. The van der Waals surface area contributed by atoms with E-state index in [-0.39, 0.29) is 5.91 Å². The molecule has 0 spiro atoms. The molecule has 3 aromatic rings. The monoisotopic (exact) mass is 416 g/mol. The van der Waals surface area contributed by atoms with E-state index in [4.69, 9.17) is 9.47 Å². The van der Waals surface area contributed by atoms with Gasteiger partial charge in [0.15, 0.2) is 5.17 Å². The van der Waals surface area contributed by atoms with Gasteiger partial charge in [0, 0.05) is 0 Å². The van der Waals surface area contributed by atoms with Crippen LogP contribution in [0.15, 0.2) is 88.8 Å². The first-order valence-corrected chi connectivity index (χ1v) is 10.2. The normalized spacial score (nSPS) is 16.0. The van der Waals surface area contributed by atoms with Gasteiger partial charge in [0.2, 0.25) is 0 Å². The summed E-state index contributed by atoms with van der Waals surface area (Å²) in [5, 5.41) is 3.36. The van der Waals surface area contributed by atoms with Crippen LogP contribution < -0.4 is 14.8 Å². The molecule has 1 saturated heterocycles. The Morgan fingerprint density at radius 2 is 1.63 bits per heavy atom. The maximum Gasteiger partial charge on any atom is 0.264 e. The van der Waals surface area contributed by atoms with Crippen LogP contribution in [0.3, 0.4) is 0 Å². The number of carbonyl (C=O) groups is 1. The van der Waals surface area contributed by atoms with Gasteiger partial charge in [0.25, 0.3) is 5.91 Å². The average Bonchev–Trinajstić information content (AvgIpc) is 3.13. The number of amides is 1. The van der Waals surface area contributed by atoms with E-state index in [0.29, 0.717) is 16.7 Å². The van der Waals surface area contributed by atoms with Gasteiger partial charge in [-0.2, -0.15) is 0 Å². The molecule has 0 saturated carbocycles. The van der Waals surface area contributed by atoms with Gasteiger partial charge in [-0.05, 0) is 65.4 Å². The van der Waals surface area contributed by atoms with Crippen LogP contribution in [0.4, 0.5) is 5.69 Å². The van der Waals surface area contributed by atoms with Crippen molar-refractivity contribution in [2.75, 3.05) is 7.11 Å². The zero-order valence-electron chi connectivity index (χ0n) is 16.4. The minimum atomic E-state index is -0.156. The van der Waals surface area contributed by atoms with Crippen molar-refractivity contribution in [2.24, 2.45) is 4.99 Å². The van der Waals surface area contributed by atoms with Crippen LogP contribution in [0.5, 0.6) is 11.5 Å². The summed E-state index contributed by atoms with van der Waals surface area (Å²) in [4.78, 5) is 17.4. The third kappa shape index (κ3) is 5.10. The van der Waals surface area contributed by atoms with E-state index in [1.54, 1.807) is 7.11 Å². The molecule has 0 aliphatic carbocycles. The molecule has 1 aliphatic rings. The molecule has 0 bridgehead atoms. The predicted octanol–water partition coefficient (Wildman–Crippen LogP) is 5.17. The van der Waals surface area contributed by atoms with Crippen molar-refractivity contribution in [1.82, 2.24) is 5.32 Å². The lowest BCUT2D eigenvalue weighted by Gasteiger charge is -2.06. The fourth-order valence-corrected chi connectivity index (χ4v) is 3.65. The second kappa shape index (κ2) is 9.33. The van der Waals surface area contributed by atoms with Crippen LogP contribution in [0.2, 0.25) is 0 Å². The van der Waals surface area contributed by atoms with Crippen molar-refractivity contribution in [3.63, 3.8) is 0 Å². The molecule has 150 valence electrons. The summed E-state index contributed by atoms with van der Waals surface area (Å²) >= 11 is 1.32. The molecule has 1 N–H and O–H groups in total. The average molecular weight is 417 g/mol. The molecule has 5 nitrogen and oxygen atoms in total. The van der Waals surface area contributed by atoms with Crippen molar-refractivity contribution >= 4 is 34.6 Å². The number of methoxy groups -OCH3 is 1. The molecule has 0 unspecified atom stereocenters. The topological polar surface area (TPSA) is 59.9 Å². The molecule has 30 heavy (non-hydrogen) atoms. The standard InChI is InChI=1S/C24H20N2O3S/c1-28-20-13-9-19(10-14-20)25-24-26-23(27)22(30-24)15-17-7-11-21(12-8-17)29-16-18-5-3-2-4-6-18/h2-15H,16H2,1H3,(H,25,26,27)/b22-15+.